The molecule has 0 aromatic heterocycles. The topological polar surface area (TPSA) is 111 Å². The molecule has 1 aromatic carbocycles. The van der Waals surface area contributed by atoms with Gasteiger partial charge in [-0.15, -0.1) is 0 Å². The van der Waals surface area contributed by atoms with Gasteiger partial charge in [-0.25, -0.2) is 14.5 Å². The van der Waals surface area contributed by atoms with Crippen LogP contribution in [0.2, 0.25) is 0 Å². The summed E-state index contributed by atoms with van der Waals surface area (Å²) in [5.41, 5.74) is 0.0793. The molecule has 0 unspecified atom stereocenters. The van der Waals surface area contributed by atoms with E-state index in [1.807, 2.05) is 30.3 Å². The molecule has 1 saturated heterocycles. The molecule has 1 aliphatic rings. The predicted octanol–water partition coefficient (Wildman–Crippen LogP) is 3.02. The molecule has 9 nitrogen and oxygen atoms in total. The molecule has 1 fully saturated rings. The van der Waals surface area contributed by atoms with Gasteiger partial charge in [0, 0.05) is 0 Å². The van der Waals surface area contributed by atoms with E-state index < -0.39 is 41.7 Å². The van der Waals surface area contributed by atoms with Crippen molar-refractivity contribution in [2.75, 3.05) is 6.61 Å². The number of hydrogen-bond donors (Lipinski definition) is 1. The first kappa shape index (κ1) is 24.2. The second-order valence-corrected chi connectivity index (χ2v) is 8.66. The van der Waals surface area contributed by atoms with Gasteiger partial charge in [-0.05, 0) is 32.3 Å². The van der Waals surface area contributed by atoms with Crippen molar-refractivity contribution in [1.29, 1.82) is 0 Å². The van der Waals surface area contributed by atoms with Crippen molar-refractivity contribution in [1.82, 2.24) is 10.2 Å². The summed E-state index contributed by atoms with van der Waals surface area (Å²) in [6, 6.07) is 7.32. The third-order valence-electron chi connectivity index (χ3n) is 4.45. The largest absolute Gasteiger partial charge is 0.461 e. The van der Waals surface area contributed by atoms with Crippen molar-refractivity contribution >= 4 is 24.1 Å². The average Bonchev–Trinajstić information content (AvgIpc) is 3.03. The van der Waals surface area contributed by atoms with Crippen molar-refractivity contribution in [2.24, 2.45) is 5.92 Å². The molecule has 3 amide bonds. The molecule has 9 heteroatoms. The molecule has 170 valence electrons. The lowest BCUT2D eigenvalue weighted by Gasteiger charge is -2.28. The van der Waals surface area contributed by atoms with Crippen LogP contribution in [0.4, 0.5) is 9.59 Å². The van der Waals surface area contributed by atoms with Crippen molar-refractivity contribution in [3.8, 4) is 0 Å². The first-order valence-corrected chi connectivity index (χ1v) is 10.2. The van der Waals surface area contributed by atoms with Gasteiger partial charge >= 0.3 is 18.2 Å². The highest BCUT2D eigenvalue weighted by Gasteiger charge is 2.43. The maximum Gasteiger partial charge on any atom is 0.417 e. The Morgan fingerprint density at radius 3 is 2.42 bits per heavy atom. The number of benzene rings is 1. The number of ether oxygens (including phenoxy) is 3. The summed E-state index contributed by atoms with van der Waals surface area (Å²) in [7, 11) is 0. The van der Waals surface area contributed by atoms with Crippen LogP contribution in [0.15, 0.2) is 30.3 Å². The van der Waals surface area contributed by atoms with Crippen LogP contribution in [0.1, 0.15) is 46.6 Å². The van der Waals surface area contributed by atoms with Crippen LogP contribution in [-0.4, -0.2) is 53.3 Å². The summed E-state index contributed by atoms with van der Waals surface area (Å²) >= 11 is 0. The fourth-order valence-corrected chi connectivity index (χ4v) is 2.97. The minimum Gasteiger partial charge on any atom is -0.461 e. The second kappa shape index (κ2) is 10.3. The monoisotopic (exact) mass is 434 g/mol. The molecule has 1 aliphatic heterocycles. The molecule has 2 atom stereocenters. The van der Waals surface area contributed by atoms with Gasteiger partial charge < -0.3 is 19.5 Å². The molecule has 0 radical (unpaired) electrons. The SMILES string of the molecule is CC(C)[C@H](NC(=O)OC(C)(C)C)C(=O)N1C(=O)OC[C@@H]1CC(=O)OCc1ccccc1. The van der Waals surface area contributed by atoms with Crippen LogP contribution in [0.3, 0.4) is 0 Å². The van der Waals surface area contributed by atoms with E-state index in [1.54, 1.807) is 34.6 Å². The van der Waals surface area contributed by atoms with Gasteiger partial charge in [0.25, 0.3) is 5.91 Å². The number of esters is 1. The fraction of sp³-hybridized carbons (Fsp3) is 0.545. The molecule has 0 spiro atoms. The van der Waals surface area contributed by atoms with E-state index in [-0.39, 0.29) is 25.6 Å². The lowest BCUT2D eigenvalue weighted by atomic mass is 10.0. The van der Waals surface area contributed by atoms with E-state index in [2.05, 4.69) is 5.32 Å². The van der Waals surface area contributed by atoms with Crippen LogP contribution in [0, 0.1) is 5.92 Å². The zero-order chi connectivity index (χ0) is 23.2. The third kappa shape index (κ3) is 7.27. The van der Waals surface area contributed by atoms with Crippen LogP contribution >= 0.6 is 0 Å². The average molecular weight is 434 g/mol. The zero-order valence-corrected chi connectivity index (χ0v) is 18.5. The molecule has 1 aromatic rings. The molecule has 1 N–H and O–H groups in total. The Morgan fingerprint density at radius 1 is 1.19 bits per heavy atom. The van der Waals surface area contributed by atoms with Gasteiger partial charge in [-0.2, -0.15) is 0 Å². The van der Waals surface area contributed by atoms with Crippen molar-refractivity contribution in [3.05, 3.63) is 35.9 Å². The number of carbonyl (C=O) groups is 4. The lowest BCUT2D eigenvalue weighted by molar-refractivity contribution is -0.146. The van der Waals surface area contributed by atoms with E-state index in [1.165, 1.54) is 0 Å². The number of amides is 3. The first-order valence-electron chi connectivity index (χ1n) is 10.2. The van der Waals surface area contributed by atoms with Crippen LogP contribution in [0.5, 0.6) is 0 Å². The molecule has 2 rings (SSSR count). The number of nitrogens with zero attached hydrogens (tertiary/aromatic N) is 1. The minimum absolute atomic E-state index is 0.0873. The quantitative estimate of drug-likeness (QED) is 0.519. The third-order valence-corrected chi connectivity index (χ3v) is 4.45. The highest BCUT2D eigenvalue weighted by atomic mass is 16.6. The minimum atomic E-state index is -1.02. The maximum atomic E-state index is 13.1. The molecule has 31 heavy (non-hydrogen) atoms. The standard InChI is InChI=1S/C22H30N2O7/c1-14(2)18(23-20(27)31-22(3,4)5)19(26)24-16(13-30-21(24)28)11-17(25)29-12-15-9-7-6-8-10-15/h6-10,14,16,18H,11-13H2,1-5H3,(H,23,27)/t16-,18-/m0/s1. The second-order valence-electron chi connectivity index (χ2n) is 8.66. The Balaban J connectivity index is 2.02. The number of carbonyl (C=O) groups excluding carboxylic acids is 4. The Bertz CT molecular complexity index is 802. The van der Waals surface area contributed by atoms with E-state index in [0.29, 0.717) is 0 Å². The van der Waals surface area contributed by atoms with E-state index >= 15 is 0 Å². The van der Waals surface area contributed by atoms with Gasteiger partial charge in [-0.3, -0.25) is 9.59 Å². The Kier molecular flexibility index (Phi) is 8.01. The van der Waals surface area contributed by atoms with Gasteiger partial charge in [0.15, 0.2) is 0 Å². The molecule has 0 saturated carbocycles. The molecule has 1 heterocycles. The summed E-state index contributed by atoms with van der Waals surface area (Å²) in [6.07, 6.45) is -1.84. The fourth-order valence-electron chi connectivity index (χ4n) is 2.97. The normalized spacial score (nSPS) is 17.2. The van der Waals surface area contributed by atoms with Crippen LogP contribution in [-0.2, 0) is 30.4 Å². The van der Waals surface area contributed by atoms with Crippen LogP contribution in [0.25, 0.3) is 0 Å². The van der Waals surface area contributed by atoms with Gasteiger partial charge in [0.2, 0.25) is 0 Å². The summed E-state index contributed by atoms with van der Waals surface area (Å²) < 4.78 is 15.5. The Morgan fingerprint density at radius 2 is 1.84 bits per heavy atom. The molecule has 0 aliphatic carbocycles. The molecular weight excluding hydrogens is 404 g/mol. The van der Waals surface area contributed by atoms with E-state index in [0.717, 1.165) is 10.5 Å². The Labute approximate surface area is 182 Å². The first-order chi connectivity index (χ1) is 14.5. The molecular formula is C22H30N2O7. The summed E-state index contributed by atoms with van der Waals surface area (Å²) in [6.45, 7) is 8.52. The summed E-state index contributed by atoms with van der Waals surface area (Å²) in [5, 5.41) is 2.51. The van der Waals surface area contributed by atoms with Gasteiger partial charge in [0.05, 0.1) is 12.5 Å². The Hall–Kier alpha value is -3.10. The zero-order valence-electron chi connectivity index (χ0n) is 18.5. The highest BCUT2D eigenvalue weighted by molar-refractivity contribution is 5.98. The maximum absolute atomic E-state index is 13.1. The number of cyclic esters (lactones) is 1. The van der Waals surface area contributed by atoms with E-state index in [4.69, 9.17) is 14.2 Å². The van der Waals surface area contributed by atoms with Crippen molar-refractivity contribution in [2.45, 2.75) is 65.3 Å². The van der Waals surface area contributed by atoms with Crippen molar-refractivity contribution in [3.63, 3.8) is 0 Å². The van der Waals surface area contributed by atoms with Gasteiger partial charge in [0.1, 0.15) is 24.9 Å². The summed E-state index contributed by atoms with van der Waals surface area (Å²) in [5.74, 6) is -1.56. The van der Waals surface area contributed by atoms with E-state index in [9.17, 15) is 19.2 Å². The highest BCUT2D eigenvalue weighted by Crippen LogP contribution is 2.20. The number of imide groups is 1. The smallest absolute Gasteiger partial charge is 0.417 e. The number of rotatable bonds is 7. The van der Waals surface area contributed by atoms with Gasteiger partial charge in [-0.1, -0.05) is 44.2 Å². The number of alkyl carbamates (subject to hydrolysis) is 1. The lowest BCUT2D eigenvalue weighted by Crippen LogP contribution is -2.54. The van der Waals surface area contributed by atoms with Crippen molar-refractivity contribution < 1.29 is 33.4 Å². The summed E-state index contributed by atoms with van der Waals surface area (Å²) in [4.78, 5) is 50.6. The number of nitrogens with one attached hydrogen (secondary N) is 1. The molecule has 0 bridgehead atoms. The number of hydrogen-bond acceptors (Lipinski definition) is 7. The predicted molar refractivity (Wildman–Crippen MR) is 111 cm³/mol. The van der Waals surface area contributed by atoms with Crippen LogP contribution < -0.4 is 5.32 Å².